The summed E-state index contributed by atoms with van der Waals surface area (Å²) in [5, 5.41) is -0.242. The molecule has 0 saturated carbocycles. The van der Waals surface area contributed by atoms with E-state index in [-0.39, 0.29) is 16.1 Å². The first-order chi connectivity index (χ1) is 13.4. The maximum Gasteiger partial charge on any atom is 0.302 e. The molecule has 0 bridgehead atoms. The van der Waals surface area contributed by atoms with E-state index in [0.29, 0.717) is 0 Å². The number of nitrogens with two attached hydrogens (primary N) is 1. The molecule has 142 valence electrons. The van der Waals surface area contributed by atoms with Crippen LogP contribution in [-0.4, -0.2) is 37.7 Å². The van der Waals surface area contributed by atoms with Crippen LogP contribution in [-0.2, 0) is 33.9 Å². The van der Waals surface area contributed by atoms with Crippen LogP contribution in [0.15, 0.2) is 60.2 Å². The minimum atomic E-state index is -4.84. The first kappa shape index (κ1) is 21.3. The second kappa shape index (κ2) is 7.14. The van der Waals surface area contributed by atoms with Gasteiger partial charge in [-0.3, -0.25) is 4.79 Å². The highest BCUT2D eigenvalue weighted by Crippen LogP contribution is 2.40. The van der Waals surface area contributed by atoms with Crippen molar-refractivity contribution in [3.05, 3.63) is 82.1 Å². The summed E-state index contributed by atoms with van der Waals surface area (Å²) in [7, 11) is 12.6. The van der Waals surface area contributed by atoms with Crippen molar-refractivity contribution in [2.75, 3.05) is 0 Å². The topological polar surface area (TPSA) is 95.7 Å². The minimum absolute atomic E-state index is 0.00822. The number of carbonyl (C=O) groups is 1. The second-order valence-corrected chi connectivity index (χ2v) is 8.34. The highest BCUT2D eigenvalue weighted by atomic mass is 35.5. The van der Waals surface area contributed by atoms with Crippen LogP contribution in [0.5, 0.6) is 0 Å². The molecule has 0 aromatic heterocycles. The SMILES string of the molecule is [B]C([B])(c1ccccc1)S(=O)(=O)OC1=C(N)O[C@@]([B])(c2ccc(F)cc2Cl)C1=O. The van der Waals surface area contributed by atoms with Gasteiger partial charge in [0.1, 0.15) is 13.7 Å². The number of hydrogen-bond donors (Lipinski definition) is 1. The van der Waals surface area contributed by atoms with Crippen LogP contribution in [0, 0.1) is 5.82 Å². The molecule has 0 spiro atoms. The Kier molecular flexibility index (Phi) is 5.25. The van der Waals surface area contributed by atoms with Crippen LogP contribution in [0.3, 0.4) is 0 Å². The predicted octanol–water partition coefficient (Wildman–Crippen LogP) is 1.02. The van der Waals surface area contributed by atoms with Crippen molar-refractivity contribution in [2.24, 2.45) is 5.73 Å². The van der Waals surface area contributed by atoms with Gasteiger partial charge in [0, 0.05) is 5.56 Å². The highest BCUT2D eigenvalue weighted by molar-refractivity contribution is 7.90. The van der Waals surface area contributed by atoms with Crippen LogP contribution in [0.1, 0.15) is 11.1 Å². The van der Waals surface area contributed by atoms with E-state index in [1.807, 2.05) is 0 Å². The van der Waals surface area contributed by atoms with E-state index in [0.717, 1.165) is 18.2 Å². The third-order valence-electron chi connectivity index (χ3n) is 4.20. The van der Waals surface area contributed by atoms with Crippen LogP contribution in [0.2, 0.25) is 5.02 Å². The highest BCUT2D eigenvalue weighted by Gasteiger charge is 2.51. The number of carbonyl (C=O) groups excluding carboxylic acids is 1. The zero-order valence-electron chi connectivity index (χ0n) is 14.6. The Balaban J connectivity index is 1.96. The van der Waals surface area contributed by atoms with Gasteiger partial charge in [0.25, 0.3) is 0 Å². The molecular weight excluding hydrogens is 417 g/mol. The summed E-state index contributed by atoms with van der Waals surface area (Å²) < 4.78 is 46.1. The zero-order valence-corrected chi connectivity index (χ0v) is 16.2. The summed E-state index contributed by atoms with van der Waals surface area (Å²) in [6.07, 6.45) is 0. The average molecular weight is 427 g/mol. The molecule has 2 aromatic rings. The standard InChI is InChI=1S/C17H10B3ClFNO5S/c18-16(11-7-6-10(22)8-12(11)21)14(24)13(15(23)27-16)28-29(25,26)17(19,20)9-4-2-1-3-5-9/h1-8H,23H2/t16-/m0/s1. The maximum absolute atomic E-state index is 13.3. The van der Waals surface area contributed by atoms with Gasteiger partial charge in [0.15, 0.2) is 5.50 Å². The Morgan fingerprint density at radius 1 is 1.17 bits per heavy atom. The molecule has 6 nitrogen and oxygen atoms in total. The lowest BCUT2D eigenvalue weighted by Gasteiger charge is -2.26. The minimum Gasteiger partial charge on any atom is -0.467 e. The molecule has 1 atom stereocenters. The van der Waals surface area contributed by atoms with Gasteiger partial charge in [-0.15, -0.1) is 0 Å². The number of ether oxygens (including phenoxy) is 1. The van der Waals surface area contributed by atoms with Gasteiger partial charge < -0.3 is 14.7 Å². The molecule has 3 rings (SSSR count). The summed E-state index contributed by atoms with van der Waals surface area (Å²) >= 11 is 5.94. The summed E-state index contributed by atoms with van der Waals surface area (Å²) in [5.74, 6) is -3.52. The third-order valence-corrected chi connectivity index (χ3v) is 5.96. The second-order valence-electron chi connectivity index (χ2n) is 6.18. The number of halogens is 2. The molecule has 0 fully saturated rings. The molecular formula is C17H10B3ClFNO5S. The summed E-state index contributed by atoms with van der Waals surface area (Å²) in [5.41, 5.74) is 3.12. The third kappa shape index (κ3) is 3.53. The quantitative estimate of drug-likeness (QED) is 0.566. The first-order valence-corrected chi connectivity index (χ1v) is 9.74. The Hall–Kier alpha value is -2.39. The molecule has 0 saturated heterocycles. The Labute approximate surface area is 175 Å². The molecule has 0 amide bonds. The number of benzene rings is 2. The lowest BCUT2D eigenvalue weighted by atomic mass is 9.65. The molecule has 0 aliphatic carbocycles. The zero-order chi connectivity index (χ0) is 21.6. The Morgan fingerprint density at radius 2 is 1.79 bits per heavy atom. The van der Waals surface area contributed by atoms with Gasteiger partial charge in [-0.25, -0.2) is 4.39 Å². The summed E-state index contributed by atoms with van der Waals surface area (Å²) in [4.78, 5) is 12.8. The lowest BCUT2D eigenvalue weighted by molar-refractivity contribution is -0.126. The van der Waals surface area contributed by atoms with E-state index in [9.17, 15) is 17.6 Å². The molecule has 0 unspecified atom stereocenters. The van der Waals surface area contributed by atoms with E-state index >= 15 is 0 Å². The maximum atomic E-state index is 13.3. The van der Waals surface area contributed by atoms with Crippen molar-refractivity contribution in [2.45, 2.75) is 10.0 Å². The first-order valence-electron chi connectivity index (χ1n) is 7.95. The van der Waals surface area contributed by atoms with Gasteiger partial charge >= 0.3 is 10.1 Å². The van der Waals surface area contributed by atoms with Gasteiger partial charge in [-0.1, -0.05) is 48.0 Å². The van der Waals surface area contributed by atoms with E-state index in [4.69, 9.17) is 49.8 Å². The van der Waals surface area contributed by atoms with Gasteiger partial charge in [-0.2, -0.15) is 8.42 Å². The number of rotatable bonds is 5. The van der Waals surface area contributed by atoms with Crippen molar-refractivity contribution in [3.8, 4) is 0 Å². The summed E-state index contributed by atoms with van der Waals surface area (Å²) in [6, 6.07) is 10.3. The van der Waals surface area contributed by atoms with E-state index < -0.39 is 43.4 Å². The Bertz CT molecular complexity index is 1130. The smallest absolute Gasteiger partial charge is 0.302 e. The monoisotopic (exact) mass is 427 g/mol. The van der Waals surface area contributed by atoms with Gasteiger partial charge in [0.05, 0.1) is 25.3 Å². The van der Waals surface area contributed by atoms with Crippen molar-refractivity contribution in [3.63, 3.8) is 0 Å². The van der Waals surface area contributed by atoms with Crippen molar-refractivity contribution < 1.29 is 26.5 Å². The molecule has 1 aliphatic rings. The fraction of sp³-hybridized carbons (Fsp3) is 0.118. The molecule has 1 aliphatic heterocycles. The van der Waals surface area contributed by atoms with Crippen molar-refractivity contribution in [1.29, 1.82) is 0 Å². The van der Waals surface area contributed by atoms with Crippen molar-refractivity contribution in [1.82, 2.24) is 0 Å². The Morgan fingerprint density at radius 3 is 2.38 bits per heavy atom. The van der Waals surface area contributed by atoms with Crippen LogP contribution >= 0.6 is 11.6 Å². The molecule has 2 aromatic carbocycles. The predicted molar refractivity (Wildman–Crippen MR) is 106 cm³/mol. The van der Waals surface area contributed by atoms with Crippen LogP contribution < -0.4 is 5.73 Å². The fourth-order valence-electron chi connectivity index (χ4n) is 2.62. The van der Waals surface area contributed by atoms with E-state index in [1.165, 1.54) is 24.3 Å². The largest absolute Gasteiger partial charge is 0.467 e. The van der Waals surface area contributed by atoms with E-state index in [2.05, 4.69) is 0 Å². The van der Waals surface area contributed by atoms with Crippen molar-refractivity contribution >= 4 is 51.0 Å². The molecule has 2 N–H and O–H groups in total. The molecule has 1 heterocycles. The average Bonchev–Trinajstić information content (AvgIpc) is 2.85. The number of Topliss-reactive ketones (excluding diaryl/α,β-unsaturated/α-hetero) is 1. The van der Waals surface area contributed by atoms with Gasteiger partial charge in [-0.05, 0) is 17.7 Å². The molecule has 6 radical (unpaired) electrons. The van der Waals surface area contributed by atoms with Crippen LogP contribution in [0.4, 0.5) is 4.39 Å². The molecule has 12 heteroatoms. The number of ketones is 1. The normalized spacial score (nSPS) is 19.9. The fourth-order valence-corrected chi connectivity index (χ4v) is 3.86. The van der Waals surface area contributed by atoms with E-state index in [1.54, 1.807) is 6.07 Å². The van der Waals surface area contributed by atoms with Crippen LogP contribution in [0.25, 0.3) is 0 Å². The lowest BCUT2D eigenvalue weighted by Crippen LogP contribution is -2.40. The number of hydrogen-bond acceptors (Lipinski definition) is 6. The summed E-state index contributed by atoms with van der Waals surface area (Å²) in [6.45, 7) is 0. The molecule has 29 heavy (non-hydrogen) atoms. The van der Waals surface area contributed by atoms with Gasteiger partial charge in [0.2, 0.25) is 17.4 Å².